The number of benzene rings is 1. The van der Waals surface area contributed by atoms with E-state index in [1.54, 1.807) is 19.2 Å². The van der Waals surface area contributed by atoms with Gasteiger partial charge in [0.25, 0.3) is 0 Å². The van der Waals surface area contributed by atoms with Gasteiger partial charge in [-0.2, -0.15) is 0 Å². The first kappa shape index (κ1) is 11.1. The summed E-state index contributed by atoms with van der Waals surface area (Å²) in [5.41, 5.74) is 1.93. The zero-order valence-corrected chi connectivity index (χ0v) is 10.2. The van der Waals surface area contributed by atoms with E-state index < -0.39 is 5.97 Å². The number of carbonyl (C=O) groups is 1. The van der Waals surface area contributed by atoms with E-state index in [4.69, 9.17) is 9.15 Å². The largest absolute Gasteiger partial charge is 0.493 e. The molecule has 0 saturated heterocycles. The van der Waals surface area contributed by atoms with Gasteiger partial charge in [-0.3, -0.25) is 0 Å². The highest BCUT2D eigenvalue weighted by molar-refractivity contribution is 6.05. The van der Waals surface area contributed by atoms with Gasteiger partial charge in [-0.1, -0.05) is 0 Å². The Hall–Kier alpha value is -1.97. The van der Waals surface area contributed by atoms with Crippen LogP contribution in [0.1, 0.15) is 34.5 Å². The Kier molecular flexibility index (Phi) is 2.51. The van der Waals surface area contributed by atoms with E-state index in [1.165, 1.54) is 0 Å². The van der Waals surface area contributed by atoms with Crippen LogP contribution in [0.2, 0.25) is 0 Å². The summed E-state index contributed by atoms with van der Waals surface area (Å²) in [7, 11) is 1.57. The van der Waals surface area contributed by atoms with Crippen LogP contribution in [0.3, 0.4) is 0 Å². The standard InChI is InChI=1S/C14H14O4/c1-17-11-7-6-9(14(15)16)12-8-4-2-3-5-10(8)18-13(11)12/h6-7H,2-5H2,1H3,(H,15,16). The predicted molar refractivity (Wildman–Crippen MR) is 66.4 cm³/mol. The number of ether oxygens (including phenoxy) is 1. The Morgan fingerprint density at radius 3 is 2.83 bits per heavy atom. The summed E-state index contributed by atoms with van der Waals surface area (Å²) >= 11 is 0. The van der Waals surface area contributed by atoms with Crippen molar-refractivity contribution in [3.63, 3.8) is 0 Å². The van der Waals surface area contributed by atoms with Crippen molar-refractivity contribution >= 4 is 16.9 Å². The molecule has 0 spiro atoms. The molecule has 0 fully saturated rings. The van der Waals surface area contributed by atoms with Crippen LogP contribution >= 0.6 is 0 Å². The van der Waals surface area contributed by atoms with Crippen LogP contribution in [0.15, 0.2) is 16.5 Å². The van der Waals surface area contributed by atoms with Gasteiger partial charge >= 0.3 is 5.97 Å². The third-order valence-corrected chi connectivity index (χ3v) is 3.52. The second kappa shape index (κ2) is 4.05. The van der Waals surface area contributed by atoms with Crippen molar-refractivity contribution in [1.82, 2.24) is 0 Å². The van der Waals surface area contributed by atoms with Crippen LogP contribution in [-0.2, 0) is 12.8 Å². The molecule has 0 atom stereocenters. The second-order valence-corrected chi connectivity index (χ2v) is 4.54. The molecule has 0 radical (unpaired) electrons. The van der Waals surface area contributed by atoms with Crippen LogP contribution in [0.25, 0.3) is 11.0 Å². The maximum absolute atomic E-state index is 11.3. The predicted octanol–water partition coefficient (Wildman–Crippen LogP) is 3.02. The minimum absolute atomic E-state index is 0.303. The normalized spacial score (nSPS) is 14.5. The van der Waals surface area contributed by atoms with Crippen LogP contribution in [0, 0.1) is 0 Å². The molecule has 1 aromatic carbocycles. The molecule has 0 amide bonds. The summed E-state index contributed by atoms with van der Waals surface area (Å²) < 4.78 is 11.1. The Morgan fingerprint density at radius 2 is 2.11 bits per heavy atom. The molecule has 18 heavy (non-hydrogen) atoms. The Morgan fingerprint density at radius 1 is 1.33 bits per heavy atom. The highest BCUT2D eigenvalue weighted by Gasteiger charge is 2.24. The lowest BCUT2D eigenvalue weighted by atomic mass is 9.94. The molecule has 0 aliphatic heterocycles. The maximum atomic E-state index is 11.3. The second-order valence-electron chi connectivity index (χ2n) is 4.54. The number of hydrogen-bond donors (Lipinski definition) is 1. The third kappa shape index (κ3) is 1.49. The quantitative estimate of drug-likeness (QED) is 0.884. The molecule has 1 aliphatic rings. The van der Waals surface area contributed by atoms with Crippen molar-refractivity contribution in [3.05, 3.63) is 29.0 Å². The summed E-state index contributed by atoms with van der Waals surface area (Å²) in [6, 6.07) is 3.24. The van der Waals surface area contributed by atoms with Gasteiger partial charge in [-0.25, -0.2) is 4.79 Å². The van der Waals surface area contributed by atoms with Crippen molar-refractivity contribution in [2.45, 2.75) is 25.7 Å². The fourth-order valence-electron chi connectivity index (χ4n) is 2.68. The zero-order chi connectivity index (χ0) is 12.7. The van der Waals surface area contributed by atoms with Gasteiger partial charge in [-0.05, 0) is 31.4 Å². The molecule has 94 valence electrons. The number of aryl methyl sites for hydroxylation is 2. The number of carboxylic acid groups (broad SMARTS) is 1. The first-order chi connectivity index (χ1) is 8.72. The average Bonchev–Trinajstić information content (AvgIpc) is 2.76. The highest BCUT2D eigenvalue weighted by atomic mass is 16.5. The van der Waals surface area contributed by atoms with E-state index in [1.807, 2.05) is 0 Å². The molecule has 4 nitrogen and oxygen atoms in total. The Bertz CT molecular complexity index is 624. The lowest BCUT2D eigenvalue weighted by molar-refractivity contribution is 0.0699. The average molecular weight is 246 g/mol. The summed E-state index contributed by atoms with van der Waals surface area (Å²) in [5, 5.41) is 10.0. The fraction of sp³-hybridized carbons (Fsp3) is 0.357. The van der Waals surface area contributed by atoms with Crippen molar-refractivity contribution in [1.29, 1.82) is 0 Å². The lowest BCUT2D eigenvalue weighted by Gasteiger charge is -2.09. The van der Waals surface area contributed by atoms with Gasteiger partial charge in [0.15, 0.2) is 11.3 Å². The number of carboxylic acids is 1. The Balaban J connectivity index is 2.38. The van der Waals surface area contributed by atoms with Gasteiger partial charge < -0.3 is 14.3 Å². The smallest absolute Gasteiger partial charge is 0.336 e. The highest BCUT2D eigenvalue weighted by Crippen LogP contribution is 2.38. The van der Waals surface area contributed by atoms with Crippen LogP contribution in [-0.4, -0.2) is 18.2 Å². The summed E-state index contributed by atoms with van der Waals surface area (Å²) in [6.45, 7) is 0. The molecular formula is C14H14O4. The minimum Gasteiger partial charge on any atom is -0.493 e. The maximum Gasteiger partial charge on any atom is 0.336 e. The van der Waals surface area contributed by atoms with Crippen LogP contribution < -0.4 is 4.74 Å². The molecule has 0 saturated carbocycles. The van der Waals surface area contributed by atoms with E-state index in [2.05, 4.69) is 0 Å². The van der Waals surface area contributed by atoms with E-state index in [0.717, 1.165) is 42.4 Å². The van der Waals surface area contributed by atoms with Gasteiger partial charge in [0.05, 0.1) is 12.7 Å². The van der Waals surface area contributed by atoms with Gasteiger partial charge in [0.2, 0.25) is 0 Å². The first-order valence-corrected chi connectivity index (χ1v) is 6.07. The molecule has 4 heteroatoms. The van der Waals surface area contributed by atoms with Gasteiger partial charge in [0, 0.05) is 17.4 Å². The SMILES string of the molecule is COc1ccc(C(=O)O)c2c3c(oc12)CCCC3. The number of aromatic carboxylic acids is 1. The Labute approximate surface area is 104 Å². The number of methoxy groups -OCH3 is 1. The molecule has 1 aliphatic carbocycles. The lowest BCUT2D eigenvalue weighted by Crippen LogP contribution is -2.02. The van der Waals surface area contributed by atoms with Crippen molar-refractivity contribution in [2.24, 2.45) is 0 Å². The number of hydrogen-bond acceptors (Lipinski definition) is 3. The van der Waals surface area contributed by atoms with Crippen molar-refractivity contribution in [3.8, 4) is 5.75 Å². The molecule has 0 bridgehead atoms. The van der Waals surface area contributed by atoms with E-state index >= 15 is 0 Å². The molecule has 1 heterocycles. The first-order valence-electron chi connectivity index (χ1n) is 6.07. The molecule has 1 aromatic heterocycles. The summed E-state index contributed by atoms with van der Waals surface area (Å²) in [6.07, 6.45) is 3.94. The van der Waals surface area contributed by atoms with E-state index in [-0.39, 0.29) is 0 Å². The topological polar surface area (TPSA) is 59.7 Å². The fourth-order valence-corrected chi connectivity index (χ4v) is 2.68. The van der Waals surface area contributed by atoms with Crippen LogP contribution in [0.4, 0.5) is 0 Å². The van der Waals surface area contributed by atoms with Gasteiger partial charge in [0.1, 0.15) is 5.76 Å². The molecular weight excluding hydrogens is 232 g/mol. The minimum atomic E-state index is -0.920. The van der Waals surface area contributed by atoms with Crippen molar-refractivity contribution < 1.29 is 19.1 Å². The van der Waals surface area contributed by atoms with Crippen molar-refractivity contribution in [2.75, 3.05) is 7.11 Å². The van der Waals surface area contributed by atoms with Gasteiger partial charge in [-0.15, -0.1) is 0 Å². The third-order valence-electron chi connectivity index (χ3n) is 3.52. The summed E-state index contributed by atoms with van der Waals surface area (Å²) in [4.78, 5) is 11.3. The molecule has 0 unspecified atom stereocenters. The zero-order valence-electron chi connectivity index (χ0n) is 10.2. The molecule has 2 aromatic rings. The van der Waals surface area contributed by atoms with E-state index in [0.29, 0.717) is 16.9 Å². The number of furan rings is 1. The molecule has 3 rings (SSSR count). The van der Waals surface area contributed by atoms with Crippen LogP contribution in [0.5, 0.6) is 5.75 Å². The molecule has 1 N–H and O–H groups in total. The van der Waals surface area contributed by atoms with E-state index in [9.17, 15) is 9.90 Å². The monoisotopic (exact) mass is 246 g/mol. The number of rotatable bonds is 2. The number of fused-ring (bicyclic) bond motifs is 3. The summed E-state index contributed by atoms with van der Waals surface area (Å²) in [5.74, 6) is 0.601.